The average Bonchev–Trinajstić information content (AvgIpc) is 2.84. The Labute approximate surface area is 110 Å². The van der Waals surface area contributed by atoms with Gasteiger partial charge in [-0.05, 0) is 29.9 Å². The van der Waals surface area contributed by atoms with Gasteiger partial charge >= 0.3 is 5.97 Å². The molecule has 0 atom stereocenters. The Morgan fingerprint density at radius 1 is 1.22 bits per heavy atom. The van der Waals surface area contributed by atoms with Gasteiger partial charge in [-0.2, -0.15) is 0 Å². The molecule has 0 aliphatic carbocycles. The van der Waals surface area contributed by atoms with E-state index in [4.69, 9.17) is 9.84 Å². The minimum atomic E-state index is -0.928. The maximum Gasteiger partial charge on any atom is 0.349 e. The molecule has 1 N–H and O–H groups in total. The topological polar surface area (TPSA) is 46.5 Å². The summed E-state index contributed by atoms with van der Waals surface area (Å²) in [6.45, 7) is 0.534. The third-order valence-electron chi connectivity index (χ3n) is 2.53. The molecule has 0 saturated heterocycles. The molecule has 18 heavy (non-hydrogen) atoms. The maximum atomic E-state index is 10.9. The van der Waals surface area contributed by atoms with E-state index in [0.717, 1.165) is 12.8 Å². The third-order valence-corrected chi connectivity index (χ3v) is 3.42. The molecular formula is C14H14O3S. The molecule has 0 bridgehead atoms. The average molecular weight is 262 g/mol. The summed E-state index contributed by atoms with van der Waals surface area (Å²) in [5.74, 6) is -0.455. The lowest BCUT2D eigenvalue weighted by atomic mass is 10.1. The van der Waals surface area contributed by atoms with Crippen LogP contribution in [0.25, 0.3) is 0 Å². The second-order valence-electron chi connectivity index (χ2n) is 3.86. The number of aromatic carboxylic acids is 1. The van der Waals surface area contributed by atoms with Gasteiger partial charge in [-0.15, -0.1) is 11.3 Å². The lowest BCUT2D eigenvalue weighted by Gasteiger charge is -2.05. The first-order chi connectivity index (χ1) is 8.77. The monoisotopic (exact) mass is 262 g/mol. The van der Waals surface area contributed by atoms with Crippen LogP contribution in [0, 0.1) is 0 Å². The highest BCUT2D eigenvalue weighted by Gasteiger charge is 2.12. The number of carboxylic acids is 1. The zero-order chi connectivity index (χ0) is 12.8. The van der Waals surface area contributed by atoms with Crippen LogP contribution in [-0.4, -0.2) is 17.7 Å². The van der Waals surface area contributed by atoms with Gasteiger partial charge in [0, 0.05) is 0 Å². The fourth-order valence-electron chi connectivity index (χ4n) is 1.67. The summed E-state index contributed by atoms with van der Waals surface area (Å²) in [6, 6.07) is 11.9. The summed E-state index contributed by atoms with van der Waals surface area (Å²) in [6.07, 6.45) is 1.81. The van der Waals surface area contributed by atoms with Crippen LogP contribution >= 0.6 is 11.3 Å². The molecule has 94 valence electrons. The summed E-state index contributed by atoms with van der Waals surface area (Å²) >= 11 is 1.19. The van der Waals surface area contributed by atoms with Crippen molar-refractivity contribution >= 4 is 17.3 Å². The molecule has 4 heteroatoms. The summed E-state index contributed by atoms with van der Waals surface area (Å²) in [4.78, 5) is 11.1. The first-order valence-electron chi connectivity index (χ1n) is 5.75. The van der Waals surface area contributed by atoms with Crippen LogP contribution in [-0.2, 0) is 6.42 Å². The second kappa shape index (κ2) is 6.21. The SMILES string of the molecule is O=C(O)c1sccc1OCCCc1ccccc1. The van der Waals surface area contributed by atoms with E-state index in [9.17, 15) is 4.79 Å². The quantitative estimate of drug-likeness (QED) is 0.811. The first kappa shape index (κ1) is 12.6. The van der Waals surface area contributed by atoms with Gasteiger partial charge in [-0.25, -0.2) is 4.79 Å². The van der Waals surface area contributed by atoms with Crippen molar-refractivity contribution in [3.63, 3.8) is 0 Å². The number of ether oxygens (including phenoxy) is 1. The van der Waals surface area contributed by atoms with Crippen molar-refractivity contribution in [1.82, 2.24) is 0 Å². The Balaban J connectivity index is 1.79. The molecular weight excluding hydrogens is 248 g/mol. The first-order valence-corrected chi connectivity index (χ1v) is 6.63. The highest BCUT2D eigenvalue weighted by Crippen LogP contribution is 2.24. The molecule has 2 rings (SSSR count). The van der Waals surface area contributed by atoms with Crippen LogP contribution in [0.15, 0.2) is 41.8 Å². The molecule has 0 aliphatic heterocycles. The van der Waals surface area contributed by atoms with Crippen LogP contribution in [0.5, 0.6) is 5.75 Å². The molecule has 1 aromatic heterocycles. The van der Waals surface area contributed by atoms with Gasteiger partial charge in [0.25, 0.3) is 0 Å². The van der Waals surface area contributed by atoms with Crippen LogP contribution in [0.2, 0.25) is 0 Å². The molecule has 0 saturated carbocycles. The van der Waals surface area contributed by atoms with Crippen molar-refractivity contribution in [2.75, 3.05) is 6.61 Å². The van der Waals surface area contributed by atoms with Crippen molar-refractivity contribution in [1.29, 1.82) is 0 Å². The zero-order valence-corrected chi connectivity index (χ0v) is 10.7. The van der Waals surface area contributed by atoms with E-state index in [1.165, 1.54) is 16.9 Å². The second-order valence-corrected chi connectivity index (χ2v) is 4.77. The van der Waals surface area contributed by atoms with E-state index in [0.29, 0.717) is 12.4 Å². The zero-order valence-electron chi connectivity index (χ0n) is 9.83. The van der Waals surface area contributed by atoms with Gasteiger partial charge in [0.15, 0.2) is 4.88 Å². The molecule has 0 radical (unpaired) electrons. The Morgan fingerprint density at radius 2 is 2.00 bits per heavy atom. The fourth-order valence-corrected chi connectivity index (χ4v) is 2.34. The summed E-state index contributed by atoms with van der Waals surface area (Å²) in [7, 11) is 0. The van der Waals surface area contributed by atoms with Crippen LogP contribution in [0.3, 0.4) is 0 Å². The number of hydrogen-bond acceptors (Lipinski definition) is 3. The summed E-state index contributed by atoms with van der Waals surface area (Å²) in [5.41, 5.74) is 1.27. The van der Waals surface area contributed by atoms with Crippen molar-refractivity contribution in [3.8, 4) is 5.75 Å². The van der Waals surface area contributed by atoms with Crippen LogP contribution in [0.1, 0.15) is 21.7 Å². The lowest BCUT2D eigenvalue weighted by Crippen LogP contribution is -2.02. The van der Waals surface area contributed by atoms with E-state index in [2.05, 4.69) is 12.1 Å². The number of aryl methyl sites for hydroxylation is 1. The van der Waals surface area contributed by atoms with E-state index in [1.54, 1.807) is 11.4 Å². The molecule has 0 amide bonds. The predicted molar refractivity (Wildman–Crippen MR) is 71.5 cm³/mol. The minimum Gasteiger partial charge on any atom is -0.492 e. The third kappa shape index (κ3) is 3.34. The van der Waals surface area contributed by atoms with Crippen molar-refractivity contribution in [2.45, 2.75) is 12.8 Å². The normalized spacial score (nSPS) is 10.2. The van der Waals surface area contributed by atoms with Gasteiger partial charge in [-0.1, -0.05) is 30.3 Å². The lowest BCUT2D eigenvalue weighted by molar-refractivity contribution is 0.0698. The van der Waals surface area contributed by atoms with E-state index < -0.39 is 5.97 Å². The molecule has 0 unspecified atom stereocenters. The van der Waals surface area contributed by atoms with Crippen molar-refractivity contribution in [3.05, 3.63) is 52.2 Å². The Kier molecular flexibility index (Phi) is 4.36. The Bertz CT molecular complexity index is 505. The van der Waals surface area contributed by atoms with Crippen LogP contribution < -0.4 is 4.74 Å². The Hall–Kier alpha value is -1.81. The molecule has 0 fully saturated rings. The van der Waals surface area contributed by atoms with Crippen molar-refractivity contribution < 1.29 is 14.6 Å². The highest BCUT2D eigenvalue weighted by molar-refractivity contribution is 7.12. The summed E-state index contributed by atoms with van der Waals surface area (Å²) in [5, 5.41) is 10.7. The molecule has 2 aromatic rings. The van der Waals surface area contributed by atoms with Gasteiger partial charge in [-0.3, -0.25) is 0 Å². The predicted octanol–water partition coefficient (Wildman–Crippen LogP) is 3.46. The largest absolute Gasteiger partial charge is 0.492 e. The maximum absolute atomic E-state index is 10.9. The summed E-state index contributed by atoms with van der Waals surface area (Å²) < 4.78 is 5.49. The highest BCUT2D eigenvalue weighted by atomic mass is 32.1. The fraction of sp³-hybridized carbons (Fsp3) is 0.214. The standard InChI is InChI=1S/C14H14O3S/c15-14(16)13-12(8-10-18-13)17-9-4-7-11-5-2-1-3-6-11/h1-3,5-6,8,10H,4,7,9H2,(H,15,16). The molecule has 3 nitrogen and oxygen atoms in total. The van der Waals surface area contributed by atoms with E-state index >= 15 is 0 Å². The van der Waals surface area contributed by atoms with Gasteiger partial charge < -0.3 is 9.84 Å². The smallest absolute Gasteiger partial charge is 0.349 e. The molecule has 1 heterocycles. The van der Waals surface area contributed by atoms with E-state index in [1.807, 2.05) is 18.2 Å². The minimum absolute atomic E-state index is 0.273. The molecule has 0 aliphatic rings. The van der Waals surface area contributed by atoms with Crippen LogP contribution in [0.4, 0.5) is 0 Å². The van der Waals surface area contributed by atoms with E-state index in [-0.39, 0.29) is 4.88 Å². The number of benzene rings is 1. The molecule has 0 spiro atoms. The van der Waals surface area contributed by atoms with Crippen molar-refractivity contribution in [2.24, 2.45) is 0 Å². The number of carboxylic acid groups (broad SMARTS) is 1. The number of hydrogen-bond donors (Lipinski definition) is 1. The van der Waals surface area contributed by atoms with Gasteiger partial charge in [0.2, 0.25) is 0 Å². The van der Waals surface area contributed by atoms with Gasteiger partial charge in [0.1, 0.15) is 5.75 Å². The number of thiophene rings is 1. The number of rotatable bonds is 6. The molecule has 1 aromatic carbocycles. The van der Waals surface area contributed by atoms with Gasteiger partial charge in [0.05, 0.1) is 6.61 Å². The Morgan fingerprint density at radius 3 is 2.72 bits per heavy atom. The number of carbonyl (C=O) groups is 1.